The molecule has 1 aromatic carbocycles. The molecule has 0 aliphatic carbocycles. The number of carboxylic acids is 1. The molecule has 2 rings (SSSR count). The van der Waals surface area contributed by atoms with Gasteiger partial charge in [0.15, 0.2) is 11.7 Å². The fraction of sp³-hybridized carbons (Fsp3) is 0.467. The van der Waals surface area contributed by atoms with Crippen LogP contribution in [0.2, 0.25) is 0 Å². The van der Waals surface area contributed by atoms with E-state index in [1.54, 1.807) is 40.1 Å². The standard InChI is InChI=1S/C13H18N5O3.C2H4O2/c1-9-12(13(2,19)18(3,4)16-9)15-14-10-7-5-6-8-11(10)17(20)21;1-2(3)4/h5-8,12,19H,1-4H3;1H3,(H,3,4)/q+1;/p-1. The smallest absolute Gasteiger partial charge is 0.296 e. The molecular weight excluding hydrogens is 330 g/mol. The van der Waals surface area contributed by atoms with Crippen LogP contribution in [0, 0.1) is 10.1 Å². The number of para-hydroxylation sites is 1. The molecule has 0 saturated carbocycles. The Hall–Kier alpha value is -2.72. The van der Waals surface area contributed by atoms with Crippen molar-refractivity contribution in [3.8, 4) is 0 Å². The lowest BCUT2D eigenvalue weighted by Gasteiger charge is -2.33. The maximum atomic E-state index is 10.9. The number of nitro groups is 1. The predicted octanol–water partition coefficient (Wildman–Crippen LogP) is 0.978. The first kappa shape index (κ1) is 20.3. The van der Waals surface area contributed by atoms with E-state index in [1.807, 2.05) is 0 Å². The van der Waals surface area contributed by atoms with Crippen molar-refractivity contribution in [2.45, 2.75) is 32.5 Å². The van der Waals surface area contributed by atoms with Crippen LogP contribution in [-0.4, -0.2) is 52.2 Å². The summed E-state index contributed by atoms with van der Waals surface area (Å²) in [5.74, 6) is -1.08. The largest absolute Gasteiger partial charge is 0.550 e. The molecule has 0 spiro atoms. The normalized spacial score (nSPS) is 24.4. The van der Waals surface area contributed by atoms with Gasteiger partial charge >= 0.3 is 0 Å². The van der Waals surface area contributed by atoms with E-state index in [9.17, 15) is 15.2 Å². The lowest BCUT2D eigenvalue weighted by atomic mass is 10.0. The maximum Gasteiger partial charge on any atom is 0.296 e. The number of carbonyl (C=O) groups is 1. The summed E-state index contributed by atoms with van der Waals surface area (Å²) in [6.45, 7) is 4.35. The number of carbonyl (C=O) groups excluding carboxylic acids is 1. The molecular formula is C15H21N5O5. The van der Waals surface area contributed by atoms with Crippen LogP contribution in [-0.2, 0) is 4.79 Å². The van der Waals surface area contributed by atoms with Crippen molar-refractivity contribution in [3.63, 3.8) is 0 Å². The van der Waals surface area contributed by atoms with E-state index >= 15 is 0 Å². The summed E-state index contributed by atoms with van der Waals surface area (Å²) >= 11 is 0. The number of rotatable bonds is 3. The Morgan fingerprint density at radius 2 is 1.92 bits per heavy atom. The highest BCUT2D eigenvalue weighted by Gasteiger charge is 2.55. The number of carboxylic acid groups (broad SMARTS) is 1. The van der Waals surface area contributed by atoms with Crippen LogP contribution in [0.4, 0.5) is 11.4 Å². The van der Waals surface area contributed by atoms with Gasteiger partial charge in [0.2, 0.25) is 0 Å². The Labute approximate surface area is 144 Å². The second-order valence-corrected chi connectivity index (χ2v) is 6.09. The number of quaternary nitrogens is 1. The zero-order chi connectivity index (χ0) is 19.4. The third-order valence-corrected chi connectivity index (χ3v) is 3.79. The summed E-state index contributed by atoms with van der Waals surface area (Å²) in [5, 5.41) is 42.8. The second kappa shape index (κ2) is 7.45. The van der Waals surface area contributed by atoms with Crippen LogP contribution >= 0.6 is 0 Å². The molecule has 25 heavy (non-hydrogen) atoms. The van der Waals surface area contributed by atoms with E-state index in [1.165, 1.54) is 12.1 Å². The average molecular weight is 351 g/mol. The summed E-state index contributed by atoms with van der Waals surface area (Å²) in [6.07, 6.45) is 0. The zero-order valence-corrected chi connectivity index (χ0v) is 14.7. The van der Waals surface area contributed by atoms with Gasteiger partial charge < -0.3 is 15.0 Å². The van der Waals surface area contributed by atoms with Crippen LogP contribution in [0.25, 0.3) is 0 Å². The number of likely N-dealkylation sites (N-methyl/N-ethyl adjacent to an activating group) is 1. The Bertz CT molecular complexity index is 723. The van der Waals surface area contributed by atoms with Crippen molar-refractivity contribution in [1.82, 2.24) is 0 Å². The molecule has 0 radical (unpaired) electrons. The van der Waals surface area contributed by atoms with Crippen LogP contribution in [0.15, 0.2) is 39.6 Å². The van der Waals surface area contributed by atoms with E-state index in [2.05, 4.69) is 15.3 Å². The predicted molar refractivity (Wildman–Crippen MR) is 87.9 cm³/mol. The monoisotopic (exact) mass is 351 g/mol. The molecule has 0 fully saturated rings. The maximum absolute atomic E-state index is 10.9. The highest BCUT2D eigenvalue weighted by atomic mass is 16.6. The van der Waals surface area contributed by atoms with Crippen molar-refractivity contribution in [1.29, 1.82) is 0 Å². The lowest BCUT2D eigenvalue weighted by molar-refractivity contribution is -0.964. The number of aliphatic hydroxyl groups is 1. The van der Waals surface area contributed by atoms with E-state index in [0.29, 0.717) is 5.71 Å². The average Bonchev–Trinajstić information content (AvgIpc) is 2.61. The van der Waals surface area contributed by atoms with Gasteiger partial charge in [-0.2, -0.15) is 9.71 Å². The Morgan fingerprint density at radius 1 is 1.40 bits per heavy atom. The van der Waals surface area contributed by atoms with Crippen molar-refractivity contribution in [3.05, 3.63) is 34.4 Å². The number of nitro benzene ring substituents is 1. The first-order valence-electron chi connectivity index (χ1n) is 7.35. The van der Waals surface area contributed by atoms with E-state index in [0.717, 1.165) is 6.92 Å². The summed E-state index contributed by atoms with van der Waals surface area (Å²) in [5.41, 5.74) is -0.588. The van der Waals surface area contributed by atoms with E-state index in [4.69, 9.17) is 9.90 Å². The quantitative estimate of drug-likeness (QED) is 0.374. The molecule has 10 heteroatoms. The molecule has 2 atom stereocenters. The molecule has 1 N–H and O–H groups in total. The molecule has 0 saturated heterocycles. The highest BCUT2D eigenvalue weighted by molar-refractivity contribution is 5.89. The molecule has 0 bridgehead atoms. The summed E-state index contributed by atoms with van der Waals surface area (Å²) in [4.78, 5) is 19.3. The molecule has 136 valence electrons. The highest BCUT2D eigenvalue weighted by Crippen LogP contribution is 2.34. The van der Waals surface area contributed by atoms with Crippen molar-refractivity contribution >= 4 is 23.1 Å². The minimum atomic E-state index is -1.25. The van der Waals surface area contributed by atoms with Crippen LogP contribution in [0.5, 0.6) is 0 Å². The van der Waals surface area contributed by atoms with Gasteiger partial charge in [-0.05, 0) is 19.9 Å². The zero-order valence-electron chi connectivity index (χ0n) is 14.7. The molecule has 1 heterocycles. The fourth-order valence-corrected chi connectivity index (χ4v) is 2.26. The fourth-order valence-electron chi connectivity index (χ4n) is 2.26. The number of hydrogen-bond donors (Lipinski definition) is 1. The first-order valence-corrected chi connectivity index (χ1v) is 7.35. The van der Waals surface area contributed by atoms with Crippen molar-refractivity contribution < 1.29 is 24.5 Å². The summed E-state index contributed by atoms with van der Waals surface area (Å²) in [7, 11) is 3.51. The van der Waals surface area contributed by atoms with Gasteiger partial charge in [0, 0.05) is 19.0 Å². The van der Waals surface area contributed by atoms with Crippen LogP contribution in [0.3, 0.4) is 0 Å². The van der Waals surface area contributed by atoms with Gasteiger partial charge in [-0.1, -0.05) is 17.2 Å². The molecule has 2 unspecified atom stereocenters. The second-order valence-electron chi connectivity index (χ2n) is 6.09. The number of hydrogen-bond acceptors (Lipinski definition) is 8. The topological polar surface area (TPSA) is 141 Å². The van der Waals surface area contributed by atoms with Gasteiger partial charge in [-0.3, -0.25) is 10.1 Å². The molecule has 0 amide bonds. The SMILES string of the molecule is CC(=O)[O-].CC1=N[N+](C)(C)C(C)(O)C1N=Nc1ccccc1[N+](=O)[O-]. The summed E-state index contributed by atoms with van der Waals surface area (Å²) in [6, 6.07) is 5.44. The van der Waals surface area contributed by atoms with Gasteiger partial charge in [-0.25, -0.2) is 0 Å². The van der Waals surface area contributed by atoms with Gasteiger partial charge in [0.25, 0.3) is 11.4 Å². The first-order chi connectivity index (χ1) is 11.4. The Kier molecular flexibility index (Phi) is 6.05. The number of benzene rings is 1. The Balaban J connectivity index is 0.000000705. The Morgan fingerprint density at radius 3 is 2.36 bits per heavy atom. The summed E-state index contributed by atoms with van der Waals surface area (Å²) < 4.78 is 0.0133. The lowest BCUT2D eigenvalue weighted by Crippen LogP contribution is -2.56. The number of aliphatic carboxylic acids is 1. The van der Waals surface area contributed by atoms with Crippen molar-refractivity contribution in [2.75, 3.05) is 14.1 Å². The van der Waals surface area contributed by atoms with Crippen LogP contribution in [0.1, 0.15) is 20.8 Å². The van der Waals surface area contributed by atoms with Gasteiger partial charge in [0.1, 0.15) is 5.71 Å². The van der Waals surface area contributed by atoms with Crippen LogP contribution < -0.4 is 5.11 Å². The molecule has 1 aliphatic heterocycles. The third-order valence-electron chi connectivity index (χ3n) is 3.79. The number of nitrogens with zero attached hydrogens (tertiary/aromatic N) is 5. The molecule has 0 aromatic heterocycles. The molecule has 10 nitrogen and oxygen atoms in total. The molecule has 1 aromatic rings. The number of azo groups is 1. The van der Waals surface area contributed by atoms with Gasteiger partial charge in [0.05, 0.1) is 19.0 Å². The minimum absolute atomic E-state index is 0.0133. The van der Waals surface area contributed by atoms with Gasteiger partial charge in [-0.15, -0.1) is 5.11 Å². The minimum Gasteiger partial charge on any atom is -0.550 e. The third kappa shape index (κ3) is 4.64. The van der Waals surface area contributed by atoms with Crippen molar-refractivity contribution in [2.24, 2.45) is 15.3 Å². The van der Waals surface area contributed by atoms with E-state index in [-0.39, 0.29) is 16.0 Å². The van der Waals surface area contributed by atoms with E-state index < -0.39 is 22.7 Å². The molecule has 1 aliphatic rings.